The number of hydrogen-bond acceptors (Lipinski definition) is 9. The summed E-state index contributed by atoms with van der Waals surface area (Å²) in [5.41, 5.74) is 0.338. The number of allylic oxidation sites excluding steroid dienone is 1. The molecule has 9 nitrogen and oxygen atoms in total. The van der Waals surface area contributed by atoms with E-state index < -0.39 is 41.6 Å². The van der Waals surface area contributed by atoms with Crippen molar-refractivity contribution >= 4 is 17.9 Å². The number of rotatable bonds is 5. The molecule has 4 aliphatic rings. The van der Waals surface area contributed by atoms with E-state index in [1.807, 2.05) is 6.92 Å². The van der Waals surface area contributed by atoms with Gasteiger partial charge in [0.05, 0.1) is 23.7 Å². The number of fused-ring (bicyclic) bond motifs is 4. The maximum absolute atomic E-state index is 12.8. The molecule has 0 aromatic heterocycles. The van der Waals surface area contributed by atoms with Crippen LogP contribution in [0, 0.1) is 5.92 Å². The molecule has 31 heavy (non-hydrogen) atoms. The van der Waals surface area contributed by atoms with Gasteiger partial charge in [-0.1, -0.05) is 12.7 Å². The summed E-state index contributed by atoms with van der Waals surface area (Å²) in [5, 5.41) is 9.82. The Morgan fingerprint density at radius 2 is 2.16 bits per heavy atom. The number of aliphatic hydroxyl groups is 1. The van der Waals surface area contributed by atoms with Gasteiger partial charge in [-0.2, -0.15) is 0 Å². The predicted octanol–water partition coefficient (Wildman–Crippen LogP) is 0.753. The average molecular weight is 434 g/mol. The van der Waals surface area contributed by atoms with Crippen LogP contribution in [0.1, 0.15) is 27.2 Å². The fraction of sp³-hybridized carbons (Fsp3) is 0.591. The van der Waals surface area contributed by atoms with Gasteiger partial charge in [-0.25, -0.2) is 9.59 Å². The quantitative estimate of drug-likeness (QED) is 0.219. The van der Waals surface area contributed by atoms with Crippen LogP contribution in [0.25, 0.3) is 0 Å². The summed E-state index contributed by atoms with van der Waals surface area (Å²) in [5.74, 6) is -2.41. The molecule has 0 spiro atoms. The molecule has 168 valence electrons. The Morgan fingerprint density at radius 3 is 2.81 bits per heavy atom. The highest BCUT2D eigenvalue weighted by Crippen LogP contribution is 2.53. The number of ether oxygens (including phenoxy) is 5. The lowest BCUT2D eigenvalue weighted by Gasteiger charge is -2.28. The summed E-state index contributed by atoms with van der Waals surface area (Å²) in [4.78, 5) is 36.3. The van der Waals surface area contributed by atoms with Crippen molar-refractivity contribution in [3.05, 3.63) is 35.5 Å². The highest BCUT2D eigenvalue weighted by molar-refractivity contribution is 5.92. The van der Waals surface area contributed by atoms with Gasteiger partial charge in [-0.3, -0.25) is 4.79 Å². The van der Waals surface area contributed by atoms with E-state index in [2.05, 4.69) is 6.58 Å². The smallest absolute Gasteiger partial charge is 0.337 e. The van der Waals surface area contributed by atoms with Gasteiger partial charge in [0.1, 0.15) is 37.1 Å². The standard InChI is InChI=1S/C22H26O9/c1-5-12(9-27-11(3)24)21(26)29-15-7-22(4)19(31-22)18-17(30-18)13(8-23)6-14-16(15)10(2)20(25)28-14/h5-6,14-19,23H,2,7-9H2,1,3-4H3/b12-5+,13-6-/t14-,15+,16-,17-,18-,19+,22-/m0/s1. The monoisotopic (exact) mass is 434 g/mol. The molecule has 3 heterocycles. The zero-order chi connectivity index (χ0) is 22.5. The second kappa shape index (κ2) is 7.89. The summed E-state index contributed by atoms with van der Waals surface area (Å²) in [6.45, 7) is 8.16. The van der Waals surface area contributed by atoms with Gasteiger partial charge in [-0.15, -0.1) is 0 Å². The van der Waals surface area contributed by atoms with Crippen molar-refractivity contribution in [3.8, 4) is 0 Å². The number of aliphatic hydroxyl groups excluding tert-OH is 1. The fourth-order valence-electron chi connectivity index (χ4n) is 4.41. The largest absolute Gasteiger partial charge is 0.461 e. The van der Waals surface area contributed by atoms with Gasteiger partial charge in [0.15, 0.2) is 0 Å². The molecule has 0 aromatic rings. The Morgan fingerprint density at radius 1 is 1.42 bits per heavy atom. The van der Waals surface area contributed by atoms with E-state index in [0.29, 0.717) is 12.0 Å². The Balaban J connectivity index is 1.63. The molecule has 3 fully saturated rings. The topological polar surface area (TPSA) is 124 Å². The second-order valence-electron chi connectivity index (χ2n) is 8.44. The number of hydrogen-bond donors (Lipinski definition) is 1. The number of carbonyl (C=O) groups is 3. The molecule has 0 unspecified atom stereocenters. The highest BCUT2D eigenvalue weighted by atomic mass is 16.7. The third kappa shape index (κ3) is 4.05. The van der Waals surface area contributed by atoms with Crippen molar-refractivity contribution in [3.63, 3.8) is 0 Å². The first kappa shape index (κ1) is 21.7. The minimum atomic E-state index is -0.787. The molecule has 7 atom stereocenters. The Kier molecular flexibility index (Phi) is 5.53. The number of carbonyl (C=O) groups excluding carboxylic acids is 3. The van der Waals surface area contributed by atoms with E-state index in [0.717, 1.165) is 0 Å². The molecular formula is C22H26O9. The van der Waals surface area contributed by atoms with Crippen molar-refractivity contribution in [1.29, 1.82) is 0 Å². The summed E-state index contributed by atoms with van der Waals surface area (Å²) in [6.07, 6.45) is 1.23. The SMILES string of the molecule is C=C1C(=O)O[C@H]2/C=C(/CO)[C@@H]3O[C@@H]3[C@H]3O[C@@]3(C)C[C@@H](OC(=O)/C(=C/C)COC(C)=O)[C@@H]12. The molecular weight excluding hydrogens is 408 g/mol. The van der Waals surface area contributed by atoms with Gasteiger partial charge in [0.25, 0.3) is 0 Å². The van der Waals surface area contributed by atoms with Crippen LogP contribution in [0.4, 0.5) is 0 Å². The fourth-order valence-corrected chi connectivity index (χ4v) is 4.41. The predicted molar refractivity (Wildman–Crippen MR) is 105 cm³/mol. The van der Waals surface area contributed by atoms with Crippen LogP contribution in [0.15, 0.2) is 35.5 Å². The third-order valence-corrected chi connectivity index (χ3v) is 6.26. The van der Waals surface area contributed by atoms with Crippen LogP contribution in [0.2, 0.25) is 0 Å². The zero-order valence-corrected chi connectivity index (χ0v) is 17.7. The van der Waals surface area contributed by atoms with Crippen LogP contribution < -0.4 is 0 Å². The zero-order valence-electron chi connectivity index (χ0n) is 17.7. The van der Waals surface area contributed by atoms with E-state index in [1.54, 1.807) is 13.0 Å². The molecule has 0 radical (unpaired) electrons. The Bertz CT molecular complexity index is 887. The molecule has 0 amide bonds. The van der Waals surface area contributed by atoms with Crippen LogP contribution >= 0.6 is 0 Å². The molecule has 3 saturated heterocycles. The normalized spacial score (nSPS) is 40.4. The van der Waals surface area contributed by atoms with Crippen LogP contribution in [-0.4, -0.2) is 72.3 Å². The minimum Gasteiger partial charge on any atom is -0.461 e. The van der Waals surface area contributed by atoms with E-state index in [4.69, 9.17) is 23.7 Å². The second-order valence-corrected chi connectivity index (χ2v) is 8.44. The Labute approximate surface area is 179 Å². The molecule has 9 heteroatoms. The Hall–Kier alpha value is -2.49. The van der Waals surface area contributed by atoms with Crippen LogP contribution in [-0.2, 0) is 38.1 Å². The van der Waals surface area contributed by atoms with E-state index in [-0.39, 0.29) is 42.7 Å². The van der Waals surface area contributed by atoms with Crippen molar-refractivity contribution in [1.82, 2.24) is 0 Å². The summed E-state index contributed by atoms with van der Waals surface area (Å²) >= 11 is 0. The highest BCUT2D eigenvalue weighted by Gasteiger charge is 2.67. The van der Waals surface area contributed by atoms with Gasteiger partial charge in [-0.05, 0) is 25.5 Å². The first-order valence-electron chi connectivity index (χ1n) is 10.2. The maximum Gasteiger partial charge on any atom is 0.337 e. The maximum atomic E-state index is 12.8. The first-order valence-corrected chi connectivity index (χ1v) is 10.2. The lowest BCUT2D eigenvalue weighted by atomic mass is 9.82. The van der Waals surface area contributed by atoms with E-state index in [9.17, 15) is 19.5 Å². The van der Waals surface area contributed by atoms with Gasteiger partial charge in [0, 0.05) is 18.9 Å². The van der Waals surface area contributed by atoms with Crippen molar-refractivity contribution in [2.24, 2.45) is 5.92 Å². The van der Waals surface area contributed by atoms with Crippen molar-refractivity contribution in [2.45, 2.75) is 63.3 Å². The van der Waals surface area contributed by atoms with Gasteiger partial charge in [0.2, 0.25) is 0 Å². The number of epoxide rings is 2. The molecule has 4 rings (SSSR count). The summed E-state index contributed by atoms with van der Waals surface area (Å²) < 4.78 is 27.8. The van der Waals surface area contributed by atoms with Crippen LogP contribution in [0.3, 0.4) is 0 Å². The lowest BCUT2D eigenvalue weighted by Crippen LogP contribution is -2.38. The number of esters is 3. The summed E-state index contributed by atoms with van der Waals surface area (Å²) in [7, 11) is 0. The lowest BCUT2D eigenvalue weighted by molar-refractivity contribution is -0.150. The van der Waals surface area contributed by atoms with Gasteiger partial charge >= 0.3 is 17.9 Å². The van der Waals surface area contributed by atoms with E-state index >= 15 is 0 Å². The third-order valence-electron chi connectivity index (χ3n) is 6.26. The molecule has 3 aliphatic heterocycles. The molecule has 1 aliphatic carbocycles. The molecule has 0 bridgehead atoms. The molecule has 0 saturated carbocycles. The summed E-state index contributed by atoms with van der Waals surface area (Å²) in [6, 6.07) is 0. The van der Waals surface area contributed by atoms with Gasteiger partial charge < -0.3 is 28.8 Å². The molecule has 0 aromatic carbocycles. The minimum absolute atomic E-state index is 0.176. The van der Waals surface area contributed by atoms with Crippen molar-refractivity contribution < 1.29 is 43.2 Å². The van der Waals surface area contributed by atoms with Crippen molar-refractivity contribution in [2.75, 3.05) is 13.2 Å². The average Bonchev–Trinajstić information content (AvgIpc) is 3.59. The van der Waals surface area contributed by atoms with E-state index in [1.165, 1.54) is 13.0 Å². The van der Waals surface area contributed by atoms with Crippen LogP contribution in [0.5, 0.6) is 0 Å². The first-order chi connectivity index (χ1) is 14.7. The molecule has 1 N–H and O–H groups in total.